The third-order valence-electron chi connectivity index (χ3n) is 4.16. The molecule has 10 heteroatoms. The number of nitrogens with zero attached hydrogens (tertiary/aromatic N) is 4. The van der Waals surface area contributed by atoms with E-state index in [1.165, 1.54) is 4.90 Å². The number of nitrogens with one attached hydrogen (secondary N) is 1. The fourth-order valence-electron chi connectivity index (χ4n) is 2.84. The molecule has 2 heterocycles. The number of nitrogen functional groups attached to an aromatic ring is 1. The third kappa shape index (κ3) is 3.92. The predicted molar refractivity (Wildman–Crippen MR) is 99.9 cm³/mol. The zero-order valence-electron chi connectivity index (χ0n) is 14.0. The first-order chi connectivity index (χ1) is 12.3. The van der Waals surface area contributed by atoms with Crippen molar-refractivity contribution in [3.63, 3.8) is 0 Å². The Labute approximate surface area is 159 Å². The van der Waals surface area contributed by atoms with Gasteiger partial charge in [-0.25, -0.2) is 14.2 Å². The van der Waals surface area contributed by atoms with E-state index >= 15 is 0 Å². The molecule has 1 aliphatic heterocycles. The van der Waals surface area contributed by atoms with E-state index in [9.17, 15) is 8.78 Å². The summed E-state index contributed by atoms with van der Waals surface area (Å²) in [4.78, 5) is 9.66. The molecule has 2 aromatic rings. The van der Waals surface area contributed by atoms with Crippen LogP contribution in [0.15, 0.2) is 24.3 Å². The van der Waals surface area contributed by atoms with Gasteiger partial charge in [0.2, 0.25) is 5.28 Å². The first-order valence-corrected chi connectivity index (χ1v) is 8.70. The summed E-state index contributed by atoms with van der Waals surface area (Å²) in [5.74, 6) is -2.26. The number of nitrogens with two attached hydrogens (primary N) is 1. The minimum Gasteiger partial charge on any atom is -0.393 e. The van der Waals surface area contributed by atoms with Crippen LogP contribution in [0.2, 0.25) is 10.3 Å². The molecule has 0 amide bonds. The lowest BCUT2D eigenvalue weighted by atomic mass is 10.2. The SMILES string of the molecule is CNN(Cc1ccccc1Cl)c1nc(Cl)nc(N2CCC(F)(F)C2)c1N. The molecular formula is C16H18Cl2F2N6. The Morgan fingerprint density at radius 3 is 2.65 bits per heavy atom. The molecule has 0 aliphatic carbocycles. The van der Waals surface area contributed by atoms with Gasteiger partial charge in [0.15, 0.2) is 11.6 Å². The minimum atomic E-state index is -2.77. The smallest absolute Gasteiger partial charge is 0.266 e. The summed E-state index contributed by atoms with van der Waals surface area (Å²) in [7, 11) is 1.69. The van der Waals surface area contributed by atoms with Gasteiger partial charge in [-0.2, -0.15) is 9.97 Å². The van der Waals surface area contributed by atoms with Gasteiger partial charge in [0.25, 0.3) is 5.92 Å². The van der Waals surface area contributed by atoms with Crippen molar-refractivity contribution in [3.8, 4) is 0 Å². The van der Waals surface area contributed by atoms with Crippen LogP contribution in [0.4, 0.5) is 26.1 Å². The molecule has 140 valence electrons. The van der Waals surface area contributed by atoms with Gasteiger partial charge >= 0.3 is 0 Å². The van der Waals surface area contributed by atoms with Crippen molar-refractivity contribution >= 4 is 40.5 Å². The fourth-order valence-corrected chi connectivity index (χ4v) is 3.20. The zero-order chi connectivity index (χ0) is 18.9. The first-order valence-electron chi connectivity index (χ1n) is 7.95. The van der Waals surface area contributed by atoms with Crippen LogP contribution in [0.1, 0.15) is 12.0 Å². The summed E-state index contributed by atoms with van der Waals surface area (Å²) >= 11 is 12.2. The highest BCUT2D eigenvalue weighted by Crippen LogP contribution is 2.37. The zero-order valence-corrected chi connectivity index (χ0v) is 15.5. The molecule has 0 saturated carbocycles. The topological polar surface area (TPSA) is 70.3 Å². The number of halogens is 4. The monoisotopic (exact) mass is 402 g/mol. The van der Waals surface area contributed by atoms with Crippen molar-refractivity contribution in [2.75, 3.05) is 35.8 Å². The van der Waals surface area contributed by atoms with Crippen molar-refractivity contribution in [2.45, 2.75) is 18.9 Å². The van der Waals surface area contributed by atoms with Crippen LogP contribution in [0.3, 0.4) is 0 Å². The molecular weight excluding hydrogens is 385 g/mol. The van der Waals surface area contributed by atoms with E-state index < -0.39 is 12.5 Å². The highest BCUT2D eigenvalue weighted by atomic mass is 35.5. The maximum absolute atomic E-state index is 13.6. The molecule has 1 aromatic carbocycles. The number of alkyl halides is 2. The van der Waals surface area contributed by atoms with Crippen LogP contribution in [0, 0.1) is 0 Å². The van der Waals surface area contributed by atoms with Gasteiger partial charge in [0.1, 0.15) is 5.69 Å². The van der Waals surface area contributed by atoms with E-state index in [0.29, 0.717) is 17.4 Å². The van der Waals surface area contributed by atoms with E-state index in [4.69, 9.17) is 28.9 Å². The minimum absolute atomic E-state index is 0.0705. The summed E-state index contributed by atoms with van der Waals surface area (Å²) in [6, 6.07) is 7.34. The molecule has 0 radical (unpaired) electrons. The molecule has 3 N–H and O–H groups in total. The normalized spacial score (nSPS) is 16.1. The summed E-state index contributed by atoms with van der Waals surface area (Å²) in [5.41, 5.74) is 10.2. The van der Waals surface area contributed by atoms with Crippen molar-refractivity contribution < 1.29 is 8.78 Å². The number of anilines is 3. The van der Waals surface area contributed by atoms with Crippen LogP contribution in [-0.4, -0.2) is 36.0 Å². The molecule has 0 bridgehead atoms. The van der Waals surface area contributed by atoms with Crippen molar-refractivity contribution in [1.82, 2.24) is 15.4 Å². The molecule has 26 heavy (non-hydrogen) atoms. The fraction of sp³-hybridized carbons (Fsp3) is 0.375. The quantitative estimate of drug-likeness (QED) is 0.590. The van der Waals surface area contributed by atoms with Gasteiger partial charge in [0, 0.05) is 25.0 Å². The molecule has 0 atom stereocenters. The lowest BCUT2D eigenvalue weighted by Crippen LogP contribution is -2.36. The van der Waals surface area contributed by atoms with Crippen molar-refractivity contribution in [3.05, 3.63) is 40.1 Å². The van der Waals surface area contributed by atoms with Crippen LogP contribution in [0.5, 0.6) is 0 Å². The summed E-state index contributed by atoms with van der Waals surface area (Å²) in [5, 5.41) is 2.16. The molecule has 0 spiro atoms. The van der Waals surface area contributed by atoms with Gasteiger partial charge < -0.3 is 10.6 Å². The summed E-state index contributed by atoms with van der Waals surface area (Å²) in [6.07, 6.45) is -0.251. The van der Waals surface area contributed by atoms with Gasteiger partial charge in [-0.1, -0.05) is 29.8 Å². The lowest BCUT2D eigenvalue weighted by Gasteiger charge is -2.27. The third-order valence-corrected chi connectivity index (χ3v) is 4.70. The summed E-state index contributed by atoms with van der Waals surface area (Å²) in [6.45, 7) is 0.0470. The highest BCUT2D eigenvalue weighted by molar-refractivity contribution is 6.31. The van der Waals surface area contributed by atoms with Crippen LogP contribution >= 0.6 is 23.2 Å². The second kappa shape index (κ2) is 7.38. The molecule has 1 aromatic heterocycles. The summed E-state index contributed by atoms with van der Waals surface area (Å²) < 4.78 is 27.1. The molecule has 1 saturated heterocycles. The second-order valence-electron chi connectivity index (χ2n) is 5.98. The number of rotatable bonds is 5. The second-order valence-corrected chi connectivity index (χ2v) is 6.73. The predicted octanol–water partition coefficient (Wildman–Crippen LogP) is 3.35. The van der Waals surface area contributed by atoms with E-state index in [2.05, 4.69) is 15.4 Å². The number of benzene rings is 1. The standard InChI is InChI=1S/C16H18Cl2F2N6/c1-22-26(8-10-4-2-3-5-11(10)17)14-12(21)13(23-15(18)24-14)25-7-6-16(19,20)9-25/h2-5,22H,6-9,21H2,1H3. The van der Waals surface area contributed by atoms with Crippen LogP contribution in [-0.2, 0) is 6.54 Å². The molecule has 1 fully saturated rings. The highest BCUT2D eigenvalue weighted by Gasteiger charge is 2.40. The average Bonchev–Trinajstić information content (AvgIpc) is 2.96. The maximum atomic E-state index is 13.6. The number of hydrazine groups is 1. The van der Waals surface area contributed by atoms with Gasteiger partial charge in [-0.3, -0.25) is 5.01 Å². The van der Waals surface area contributed by atoms with E-state index in [1.807, 2.05) is 18.2 Å². The Kier molecular flexibility index (Phi) is 5.36. The Bertz CT molecular complexity index is 804. The van der Waals surface area contributed by atoms with E-state index in [1.54, 1.807) is 18.1 Å². The van der Waals surface area contributed by atoms with Gasteiger partial charge in [-0.15, -0.1) is 0 Å². The Morgan fingerprint density at radius 1 is 1.31 bits per heavy atom. The van der Waals surface area contributed by atoms with E-state index in [0.717, 1.165) is 5.56 Å². The Morgan fingerprint density at radius 2 is 2.04 bits per heavy atom. The molecule has 3 rings (SSSR count). The number of hydrogen-bond donors (Lipinski definition) is 2. The van der Waals surface area contributed by atoms with Crippen LogP contribution < -0.4 is 21.1 Å². The number of aromatic nitrogens is 2. The Hall–Kier alpha value is -1.90. The number of hydrogen-bond acceptors (Lipinski definition) is 6. The van der Waals surface area contributed by atoms with Gasteiger partial charge in [0.05, 0.1) is 13.1 Å². The largest absolute Gasteiger partial charge is 0.393 e. The van der Waals surface area contributed by atoms with Gasteiger partial charge in [-0.05, 0) is 23.2 Å². The van der Waals surface area contributed by atoms with E-state index in [-0.39, 0.29) is 29.8 Å². The average molecular weight is 403 g/mol. The maximum Gasteiger partial charge on any atom is 0.266 e. The molecule has 0 unspecified atom stereocenters. The first kappa shape index (κ1) is 18.9. The lowest BCUT2D eigenvalue weighted by molar-refractivity contribution is 0.0257. The molecule has 6 nitrogen and oxygen atoms in total. The van der Waals surface area contributed by atoms with Crippen molar-refractivity contribution in [1.29, 1.82) is 0 Å². The van der Waals surface area contributed by atoms with Crippen molar-refractivity contribution in [2.24, 2.45) is 0 Å². The van der Waals surface area contributed by atoms with Crippen LogP contribution in [0.25, 0.3) is 0 Å². The Balaban J connectivity index is 1.94. The molecule has 1 aliphatic rings.